The predicted molar refractivity (Wildman–Crippen MR) is 69.3 cm³/mol. The lowest BCUT2D eigenvalue weighted by atomic mass is 10.2. The van der Waals surface area contributed by atoms with Crippen LogP contribution in [0, 0.1) is 0 Å². The van der Waals surface area contributed by atoms with Gasteiger partial charge in [-0.15, -0.1) is 11.8 Å². The molecule has 0 aliphatic rings. The molecule has 0 aliphatic heterocycles. The molecule has 1 aromatic carbocycles. The van der Waals surface area contributed by atoms with Crippen molar-refractivity contribution in [2.75, 3.05) is 7.05 Å². The Morgan fingerprint density at radius 2 is 2.00 bits per heavy atom. The van der Waals surface area contributed by atoms with Gasteiger partial charge in [-0.2, -0.15) is 0 Å². The maximum Gasteiger partial charge on any atom is 0.232 e. The van der Waals surface area contributed by atoms with E-state index < -0.39 is 0 Å². The zero-order valence-corrected chi connectivity index (χ0v) is 10.3. The summed E-state index contributed by atoms with van der Waals surface area (Å²) in [6, 6.07) is 9.72. The molecule has 4 heteroatoms. The number of rotatable bonds is 3. The van der Waals surface area contributed by atoms with Crippen molar-refractivity contribution in [3.05, 3.63) is 35.9 Å². The van der Waals surface area contributed by atoms with Gasteiger partial charge in [0.05, 0.1) is 9.45 Å². The van der Waals surface area contributed by atoms with Crippen molar-refractivity contribution in [2.24, 2.45) is 0 Å². The van der Waals surface area contributed by atoms with Crippen molar-refractivity contribution < 1.29 is 4.79 Å². The van der Waals surface area contributed by atoms with Crippen molar-refractivity contribution in [3.8, 4) is 0 Å². The van der Waals surface area contributed by atoms with E-state index in [-0.39, 0.29) is 11.2 Å². The Labute approximate surface area is 99.4 Å². The Balaban J connectivity index is 2.61. The van der Waals surface area contributed by atoms with E-state index in [9.17, 15) is 4.79 Å². The largest absolute Gasteiger partial charge is 0.358 e. The van der Waals surface area contributed by atoms with Crippen LogP contribution in [0.15, 0.2) is 30.3 Å². The van der Waals surface area contributed by atoms with Crippen molar-refractivity contribution in [1.82, 2.24) is 5.32 Å². The lowest BCUT2D eigenvalue weighted by Crippen LogP contribution is -2.28. The molecule has 1 atom stereocenters. The summed E-state index contributed by atoms with van der Waals surface area (Å²) in [5.41, 5.74) is 0.994. The first-order chi connectivity index (χ1) is 7.15. The molecule has 0 aliphatic carbocycles. The molecule has 0 fully saturated rings. The Kier molecular flexibility index (Phi) is 4.78. The average molecular weight is 239 g/mol. The normalized spacial score (nSPS) is 11.9. The minimum absolute atomic E-state index is 0.00159. The first kappa shape index (κ1) is 12.2. The smallest absolute Gasteiger partial charge is 0.232 e. The summed E-state index contributed by atoms with van der Waals surface area (Å²) >= 11 is 6.65. The second-order valence-electron chi connectivity index (χ2n) is 3.03. The van der Waals surface area contributed by atoms with Gasteiger partial charge in [-0.3, -0.25) is 4.79 Å². The van der Waals surface area contributed by atoms with Gasteiger partial charge in [0.25, 0.3) is 0 Å². The van der Waals surface area contributed by atoms with Gasteiger partial charge in [0, 0.05) is 7.05 Å². The first-order valence-electron chi connectivity index (χ1n) is 4.62. The molecule has 0 aromatic heterocycles. The van der Waals surface area contributed by atoms with Gasteiger partial charge in [-0.05, 0) is 12.5 Å². The molecule has 0 spiro atoms. The van der Waals surface area contributed by atoms with Gasteiger partial charge in [0.1, 0.15) is 0 Å². The molecule has 1 rings (SSSR count). The molecule has 0 heterocycles. The van der Waals surface area contributed by atoms with Gasteiger partial charge >= 0.3 is 0 Å². The second kappa shape index (κ2) is 5.88. The molecular weight excluding hydrogens is 226 g/mol. The van der Waals surface area contributed by atoms with Crippen LogP contribution in [-0.2, 0) is 4.79 Å². The van der Waals surface area contributed by atoms with Crippen molar-refractivity contribution in [3.63, 3.8) is 0 Å². The molecule has 1 unspecified atom stereocenters. The van der Waals surface area contributed by atoms with E-state index in [1.165, 1.54) is 11.8 Å². The number of benzene rings is 1. The lowest BCUT2D eigenvalue weighted by molar-refractivity contribution is -0.119. The molecule has 15 heavy (non-hydrogen) atoms. The van der Waals surface area contributed by atoms with Gasteiger partial charge in [-0.1, -0.05) is 42.5 Å². The minimum Gasteiger partial charge on any atom is -0.358 e. The van der Waals surface area contributed by atoms with Crippen LogP contribution in [0.3, 0.4) is 0 Å². The summed E-state index contributed by atoms with van der Waals surface area (Å²) in [5.74, 6) is -0.00159. The van der Waals surface area contributed by atoms with Gasteiger partial charge in [0.2, 0.25) is 5.91 Å². The predicted octanol–water partition coefficient (Wildman–Crippen LogP) is 2.23. The maximum absolute atomic E-state index is 11.3. The molecule has 0 saturated carbocycles. The quantitative estimate of drug-likeness (QED) is 0.820. The first-order valence-corrected chi connectivity index (χ1v) is 5.91. The van der Waals surface area contributed by atoms with Crippen LogP contribution in [0.4, 0.5) is 0 Å². The fourth-order valence-corrected chi connectivity index (χ4v) is 2.45. The second-order valence-corrected chi connectivity index (χ2v) is 5.05. The van der Waals surface area contributed by atoms with E-state index in [4.69, 9.17) is 12.2 Å². The molecule has 1 aromatic rings. The standard InChI is InChI=1S/C11H13NOS2/c1-8(10(13)12-2)15-11(14)9-6-4-3-5-7-9/h3-8H,1-2H3,(H,12,13). The van der Waals surface area contributed by atoms with E-state index in [2.05, 4.69) is 5.32 Å². The van der Waals surface area contributed by atoms with Crippen molar-refractivity contribution >= 4 is 34.1 Å². The Morgan fingerprint density at radius 1 is 1.40 bits per heavy atom. The van der Waals surface area contributed by atoms with Crippen LogP contribution in [-0.4, -0.2) is 22.4 Å². The van der Waals surface area contributed by atoms with Crippen LogP contribution in [0.1, 0.15) is 12.5 Å². The van der Waals surface area contributed by atoms with Crippen molar-refractivity contribution in [2.45, 2.75) is 12.2 Å². The van der Waals surface area contributed by atoms with E-state index in [0.29, 0.717) is 0 Å². The highest BCUT2D eigenvalue weighted by Gasteiger charge is 2.14. The third-order valence-electron chi connectivity index (χ3n) is 1.91. The van der Waals surface area contributed by atoms with E-state index in [0.717, 1.165) is 9.76 Å². The maximum atomic E-state index is 11.3. The number of nitrogens with one attached hydrogen (secondary N) is 1. The third kappa shape index (κ3) is 3.64. The molecule has 1 amide bonds. The summed E-state index contributed by atoms with van der Waals surface area (Å²) in [5, 5.41) is 2.45. The number of hydrogen-bond acceptors (Lipinski definition) is 3. The third-order valence-corrected chi connectivity index (χ3v) is 3.45. The Morgan fingerprint density at radius 3 is 2.53 bits per heavy atom. The van der Waals surface area contributed by atoms with Gasteiger partial charge < -0.3 is 5.32 Å². The summed E-state index contributed by atoms with van der Waals surface area (Å²) in [6.07, 6.45) is 0. The number of thiocarbonyl (C=S) groups is 1. The Bertz CT molecular complexity index is 351. The summed E-state index contributed by atoms with van der Waals surface area (Å²) in [4.78, 5) is 11.3. The topological polar surface area (TPSA) is 29.1 Å². The van der Waals surface area contributed by atoms with Gasteiger partial charge in [0.15, 0.2) is 0 Å². The summed E-state index contributed by atoms with van der Waals surface area (Å²) in [6.45, 7) is 1.85. The van der Waals surface area contributed by atoms with Gasteiger partial charge in [-0.25, -0.2) is 0 Å². The number of hydrogen-bond donors (Lipinski definition) is 1. The fraction of sp³-hybridized carbons (Fsp3) is 0.273. The van der Waals surface area contributed by atoms with Crippen LogP contribution in [0.5, 0.6) is 0 Å². The number of amides is 1. The zero-order chi connectivity index (χ0) is 11.3. The number of carbonyl (C=O) groups excluding carboxylic acids is 1. The molecule has 2 nitrogen and oxygen atoms in total. The van der Waals surface area contributed by atoms with E-state index in [1.54, 1.807) is 7.05 Å². The van der Waals surface area contributed by atoms with E-state index >= 15 is 0 Å². The average Bonchev–Trinajstić information content (AvgIpc) is 2.29. The van der Waals surface area contributed by atoms with Crippen LogP contribution >= 0.6 is 24.0 Å². The monoisotopic (exact) mass is 239 g/mol. The highest BCUT2D eigenvalue weighted by Crippen LogP contribution is 2.18. The summed E-state index contributed by atoms with van der Waals surface area (Å²) in [7, 11) is 1.63. The van der Waals surface area contributed by atoms with E-state index in [1.807, 2.05) is 37.3 Å². The Hall–Kier alpha value is -0.870. The highest BCUT2D eigenvalue weighted by atomic mass is 32.2. The van der Waals surface area contributed by atoms with Crippen LogP contribution in [0.25, 0.3) is 0 Å². The molecule has 80 valence electrons. The molecule has 0 radical (unpaired) electrons. The fourth-order valence-electron chi connectivity index (χ4n) is 1.06. The minimum atomic E-state index is -0.150. The van der Waals surface area contributed by atoms with Crippen LogP contribution in [0.2, 0.25) is 0 Å². The molecule has 0 bridgehead atoms. The SMILES string of the molecule is CNC(=O)C(C)SC(=S)c1ccccc1. The molecular formula is C11H13NOS2. The van der Waals surface area contributed by atoms with Crippen molar-refractivity contribution in [1.29, 1.82) is 0 Å². The zero-order valence-electron chi connectivity index (χ0n) is 8.69. The summed E-state index contributed by atoms with van der Waals surface area (Å²) < 4.78 is 0.756. The molecule has 0 saturated heterocycles. The molecule has 1 N–H and O–H groups in total. The highest BCUT2D eigenvalue weighted by molar-refractivity contribution is 8.24. The van der Waals surface area contributed by atoms with Crippen LogP contribution < -0.4 is 5.32 Å². The number of carbonyl (C=O) groups is 1. The lowest BCUT2D eigenvalue weighted by Gasteiger charge is -2.10. The number of thioether (sulfide) groups is 1.